The van der Waals surface area contributed by atoms with E-state index in [9.17, 15) is 14.7 Å². The number of hydrogen-bond donors (Lipinski definition) is 4. The maximum atomic E-state index is 11.5. The van der Waals surface area contributed by atoms with Gasteiger partial charge in [-0.1, -0.05) is 6.07 Å². The highest BCUT2D eigenvalue weighted by Gasteiger charge is 2.12. The van der Waals surface area contributed by atoms with Gasteiger partial charge in [0.15, 0.2) is 0 Å². The molecule has 0 aliphatic carbocycles. The van der Waals surface area contributed by atoms with Crippen molar-refractivity contribution < 1.29 is 24.5 Å². The summed E-state index contributed by atoms with van der Waals surface area (Å²) in [5.41, 5.74) is 1.00. The molecule has 1 aromatic rings. The number of methoxy groups -OCH3 is 1. The normalized spacial score (nSPS) is 11.6. The predicted octanol–water partition coefficient (Wildman–Crippen LogP) is 1.38. The van der Waals surface area contributed by atoms with Crippen molar-refractivity contribution in [2.24, 2.45) is 5.92 Å². The molecule has 0 bridgehead atoms. The Balaban J connectivity index is 2.43. The molecule has 0 aliphatic rings. The number of aliphatic hydroxyl groups excluding tert-OH is 1. The number of halogens is 1. The monoisotopic (exact) mass is 388 g/mol. The molecular formula is C15H21BrN2O5. The van der Waals surface area contributed by atoms with Crippen LogP contribution in [0.5, 0.6) is 5.75 Å². The SMILES string of the molecule is COc1ccc(CC(CO)CNC(=O)NCCC(=O)O)cc1Br. The highest BCUT2D eigenvalue weighted by molar-refractivity contribution is 9.10. The van der Waals surface area contributed by atoms with Gasteiger partial charge in [0.2, 0.25) is 0 Å². The van der Waals surface area contributed by atoms with E-state index in [4.69, 9.17) is 9.84 Å². The zero-order valence-corrected chi connectivity index (χ0v) is 14.4. The van der Waals surface area contributed by atoms with Crippen LogP contribution in [0, 0.1) is 5.92 Å². The summed E-state index contributed by atoms with van der Waals surface area (Å²) in [5, 5.41) is 23.0. The lowest BCUT2D eigenvalue weighted by molar-refractivity contribution is -0.136. The Hall–Kier alpha value is -1.80. The molecule has 0 heterocycles. The molecule has 1 aromatic carbocycles. The van der Waals surface area contributed by atoms with Gasteiger partial charge in [-0.25, -0.2) is 4.79 Å². The largest absolute Gasteiger partial charge is 0.496 e. The molecule has 1 unspecified atom stereocenters. The first-order valence-electron chi connectivity index (χ1n) is 7.13. The third kappa shape index (κ3) is 7.34. The molecule has 1 rings (SSSR count). The minimum absolute atomic E-state index is 0.0659. The number of nitrogens with one attached hydrogen (secondary N) is 2. The van der Waals surface area contributed by atoms with Gasteiger partial charge >= 0.3 is 12.0 Å². The highest BCUT2D eigenvalue weighted by atomic mass is 79.9. The van der Waals surface area contributed by atoms with Crippen LogP contribution in [0.25, 0.3) is 0 Å². The molecule has 0 fully saturated rings. The number of hydrogen-bond acceptors (Lipinski definition) is 4. The van der Waals surface area contributed by atoms with Crippen molar-refractivity contribution in [3.05, 3.63) is 28.2 Å². The van der Waals surface area contributed by atoms with Crippen LogP contribution < -0.4 is 15.4 Å². The molecule has 0 saturated heterocycles. The summed E-state index contributed by atoms with van der Waals surface area (Å²) in [6.45, 7) is 0.286. The second kappa shape index (κ2) is 10.1. The average Bonchev–Trinajstić information content (AvgIpc) is 2.51. The average molecular weight is 389 g/mol. The molecular weight excluding hydrogens is 368 g/mol. The van der Waals surface area contributed by atoms with Gasteiger partial charge in [0.05, 0.1) is 18.0 Å². The second-order valence-corrected chi connectivity index (χ2v) is 5.86. The van der Waals surface area contributed by atoms with Crippen LogP contribution in [-0.2, 0) is 11.2 Å². The molecule has 7 nitrogen and oxygen atoms in total. The van der Waals surface area contributed by atoms with Crippen molar-refractivity contribution in [3.63, 3.8) is 0 Å². The van der Waals surface area contributed by atoms with Crippen molar-refractivity contribution in [1.29, 1.82) is 0 Å². The summed E-state index contributed by atoms with van der Waals surface area (Å²) >= 11 is 3.41. The third-order valence-corrected chi connectivity index (χ3v) is 3.79. The quantitative estimate of drug-likeness (QED) is 0.511. The lowest BCUT2D eigenvalue weighted by Gasteiger charge is -2.16. The van der Waals surface area contributed by atoms with E-state index in [1.54, 1.807) is 7.11 Å². The van der Waals surface area contributed by atoms with Gasteiger partial charge < -0.3 is 25.6 Å². The van der Waals surface area contributed by atoms with Crippen LogP contribution >= 0.6 is 15.9 Å². The van der Waals surface area contributed by atoms with Crippen LogP contribution in [0.15, 0.2) is 22.7 Å². The molecule has 2 amide bonds. The van der Waals surface area contributed by atoms with Crippen LogP contribution in [-0.4, -0.2) is 49.0 Å². The fraction of sp³-hybridized carbons (Fsp3) is 0.467. The van der Waals surface area contributed by atoms with E-state index in [0.29, 0.717) is 13.0 Å². The number of rotatable bonds is 9. The summed E-state index contributed by atoms with van der Waals surface area (Å²) in [6.07, 6.45) is 0.464. The van der Waals surface area contributed by atoms with E-state index >= 15 is 0 Å². The second-order valence-electron chi connectivity index (χ2n) is 5.00. The molecule has 0 aliphatic heterocycles. The van der Waals surface area contributed by atoms with Crippen LogP contribution in [0.2, 0.25) is 0 Å². The summed E-state index contributed by atoms with van der Waals surface area (Å²) in [5.74, 6) is -0.380. The number of aliphatic hydroxyl groups is 1. The molecule has 1 atom stereocenters. The topological polar surface area (TPSA) is 108 Å². The molecule has 0 aromatic heterocycles. The van der Waals surface area contributed by atoms with Crippen molar-refractivity contribution in [3.8, 4) is 5.75 Å². The van der Waals surface area contributed by atoms with Gasteiger partial charge in [-0.05, 0) is 40.0 Å². The highest BCUT2D eigenvalue weighted by Crippen LogP contribution is 2.26. The minimum atomic E-state index is -0.969. The Kier molecular flexibility index (Phi) is 8.42. The first kappa shape index (κ1) is 19.2. The smallest absolute Gasteiger partial charge is 0.314 e. The Labute approximate surface area is 143 Å². The van der Waals surface area contributed by atoms with Crippen LogP contribution in [0.1, 0.15) is 12.0 Å². The molecule has 0 radical (unpaired) electrons. The zero-order valence-electron chi connectivity index (χ0n) is 12.8. The fourth-order valence-corrected chi connectivity index (χ4v) is 2.54. The van der Waals surface area contributed by atoms with E-state index in [1.165, 1.54) is 0 Å². The number of urea groups is 1. The maximum absolute atomic E-state index is 11.5. The summed E-state index contributed by atoms with van der Waals surface area (Å²) in [4.78, 5) is 21.9. The van der Waals surface area contributed by atoms with E-state index in [-0.39, 0.29) is 25.5 Å². The number of amides is 2. The number of carboxylic acid groups (broad SMARTS) is 1. The zero-order chi connectivity index (χ0) is 17.2. The van der Waals surface area contributed by atoms with Gasteiger partial charge in [-0.2, -0.15) is 0 Å². The third-order valence-electron chi connectivity index (χ3n) is 3.17. The Morgan fingerprint density at radius 1 is 1.35 bits per heavy atom. The lowest BCUT2D eigenvalue weighted by Crippen LogP contribution is -2.40. The van der Waals surface area contributed by atoms with Crippen molar-refractivity contribution in [2.75, 3.05) is 26.8 Å². The lowest BCUT2D eigenvalue weighted by atomic mass is 10.00. The fourth-order valence-electron chi connectivity index (χ4n) is 1.95. The number of carboxylic acids is 1. The first-order chi connectivity index (χ1) is 11.0. The molecule has 4 N–H and O–H groups in total. The number of carbonyl (C=O) groups excluding carboxylic acids is 1. The Morgan fingerprint density at radius 3 is 2.65 bits per heavy atom. The van der Waals surface area contributed by atoms with E-state index in [1.807, 2.05) is 18.2 Å². The standard InChI is InChI=1S/C15H21BrN2O5/c1-23-13-3-2-10(7-12(13)16)6-11(9-19)8-18-15(22)17-5-4-14(20)21/h2-3,7,11,19H,4-6,8-9H2,1H3,(H,20,21)(H2,17,18,22). The molecule has 0 spiro atoms. The van der Waals surface area contributed by atoms with Gasteiger partial charge in [-0.3, -0.25) is 4.79 Å². The van der Waals surface area contributed by atoms with Gasteiger partial charge in [-0.15, -0.1) is 0 Å². The van der Waals surface area contributed by atoms with Crippen molar-refractivity contribution in [2.45, 2.75) is 12.8 Å². The molecule has 128 valence electrons. The van der Waals surface area contributed by atoms with E-state index in [2.05, 4.69) is 26.6 Å². The predicted molar refractivity (Wildman–Crippen MR) is 88.6 cm³/mol. The van der Waals surface area contributed by atoms with Crippen LogP contribution in [0.3, 0.4) is 0 Å². The Morgan fingerprint density at radius 2 is 2.09 bits per heavy atom. The molecule has 8 heteroatoms. The van der Waals surface area contributed by atoms with Crippen molar-refractivity contribution >= 4 is 27.9 Å². The van der Waals surface area contributed by atoms with Crippen LogP contribution in [0.4, 0.5) is 4.79 Å². The van der Waals surface area contributed by atoms with Crippen molar-refractivity contribution in [1.82, 2.24) is 10.6 Å². The first-order valence-corrected chi connectivity index (χ1v) is 7.92. The number of ether oxygens (including phenoxy) is 1. The van der Waals surface area contributed by atoms with Gasteiger partial charge in [0.25, 0.3) is 0 Å². The van der Waals surface area contributed by atoms with Gasteiger partial charge in [0.1, 0.15) is 5.75 Å². The maximum Gasteiger partial charge on any atom is 0.314 e. The van der Waals surface area contributed by atoms with Gasteiger partial charge in [0, 0.05) is 25.6 Å². The van der Waals surface area contributed by atoms with E-state index in [0.717, 1.165) is 15.8 Å². The summed E-state index contributed by atoms with van der Waals surface area (Å²) < 4.78 is 5.99. The molecule has 0 saturated carbocycles. The number of carbonyl (C=O) groups is 2. The summed E-state index contributed by atoms with van der Waals surface area (Å²) in [6, 6.07) is 5.20. The van der Waals surface area contributed by atoms with E-state index < -0.39 is 12.0 Å². The number of aliphatic carboxylic acids is 1. The summed E-state index contributed by atoms with van der Waals surface area (Å²) in [7, 11) is 1.59. The molecule has 23 heavy (non-hydrogen) atoms. The Bertz CT molecular complexity index is 539. The number of benzene rings is 1. The minimum Gasteiger partial charge on any atom is -0.496 e.